The normalized spacial score (nSPS) is 31.9. The molecule has 0 radical (unpaired) electrons. The maximum Gasteiger partial charge on any atom is 0.315 e. The van der Waals surface area contributed by atoms with Crippen LogP contribution in [-0.2, 0) is 24.0 Å². The van der Waals surface area contributed by atoms with Crippen molar-refractivity contribution >= 4 is 35.4 Å². The van der Waals surface area contributed by atoms with Crippen LogP contribution in [0.5, 0.6) is 0 Å². The van der Waals surface area contributed by atoms with Crippen molar-refractivity contribution < 1.29 is 28.8 Å². The van der Waals surface area contributed by atoms with Gasteiger partial charge in [-0.2, -0.15) is 0 Å². The quantitative estimate of drug-likeness (QED) is 0.101. The summed E-state index contributed by atoms with van der Waals surface area (Å²) in [6.07, 6.45) is 16.5. The summed E-state index contributed by atoms with van der Waals surface area (Å²) in [4.78, 5) is 83.1. The number of fused-ring (bicyclic) bond motifs is 1. The lowest BCUT2D eigenvalue weighted by molar-refractivity contribution is -0.144. The summed E-state index contributed by atoms with van der Waals surface area (Å²) in [6, 6.07) is -2.99. The fraction of sp³-hybridized carbons (Fsp3) is 0.762. The summed E-state index contributed by atoms with van der Waals surface area (Å²) >= 11 is 0. The molecule has 54 heavy (non-hydrogen) atoms. The number of carbonyl (C=O) groups is 6. The van der Waals surface area contributed by atoms with Crippen LogP contribution in [0.2, 0.25) is 0 Å². The van der Waals surface area contributed by atoms with Gasteiger partial charge in [-0.25, -0.2) is 4.79 Å². The van der Waals surface area contributed by atoms with Crippen LogP contribution in [0.4, 0.5) is 4.79 Å². The monoisotopic (exact) mass is 748 g/mol. The van der Waals surface area contributed by atoms with Gasteiger partial charge >= 0.3 is 6.03 Å². The number of carbonyl (C=O) groups excluding carboxylic acids is 6. The van der Waals surface area contributed by atoms with Crippen molar-refractivity contribution in [2.75, 3.05) is 13.1 Å². The molecule has 0 aromatic rings. The smallest absolute Gasteiger partial charge is 0.315 e. The lowest BCUT2D eigenvalue weighted by Crippen LogP contribution is -2.64. The van der Waals surface area contributed by atoms with Crippen molar-refractivity contribution in [1.82, 2.24) is 31.5 Å². The van der Waals surface area contributed by atoms with Crippen LogP contribution in [0, 0.1) is 40.9 Å². The maximum atomic E-state index is 14.7. The molecule has 4 bridgehead atoms. The molecule has 298 valence electrons. The molecule has 6 aliphatic carbocycles. The van der Waals surface area contributed by atoms with Crippen LogP contribution in [0.25, 0.3) is 0 Å². The number of likely N-dealkylation sites (tertiary alicyclic amines) is 1. The summed E-state index contributed by atoms with van der Waals surface area (Å²) < 4.78 is 0. The fourth-order valence-corrected chi connectivity index (χ4v) is 11.3. The van der Waals surface area contributed by atoms with E-state index in [0.29, 0.717) is 30.7 Å². The number of hydrogen-bond acceptors (Lipinski definition) is 6. The van der Waals surface area contributed by atoms with E-state index in [2.05, 4.69) is 47.0 Å². The van der Waals surface area contributed by atoms with E-state index in [1.54, 1.807) is 11.0 Å². The van der Waals surface area contributed by atoms with Crippen LogP contribution >= 0.6 is 0 Å². The molecule has 7 aliphatic rings. The van der Waals surface area contributed by atoms with Crippen LogP contribution in [0.15, 0.2) is 24.8 Å². The lowest BCUT2D eigenvalue weighted by atomic mass is 9.53. The van der Waals surface area contributed by atoms with Crippen LogP contribution in [0.1, 0.15) is 118 Å². The van der Waals surface area contributed by atoms with Gasteiger partial charge in [0.05, 0.1) is 6.04 Å². The number of amides is 6. The predicted octanol–water partition coefficient (Wildman–Crippen LogP) is 4.29. The van der Waals surface area contributed by atoms with E-state index in [1.165, 1.54) is 31.4 Å². The van der Waals surface area contributed by atoms with Crippen molar-refractivity contribution in [3.8, 4) is 0 Å². The minimum absolute atomic E-state index is 0.0267. The van der Waals surface area contributed by atoms with E-state index in [1.807, 2.05) is 20.8 Å². The Morgan fingerprint density at radius 2 is 1.54 bits per heavy atom. The molecule has 1 aliphatic heterocycles. The third-order valence-corrected chi connectivity index (χ3v) is 13.5. The Hall–Kier alpha value is -3.70. The molecular formula is C42H64N6O6. The first-order valence-corrected chi connectivity index (χ1v) is 20.6. The average molecular weight is 749 g/mol. The summed E-state index contributed by atoms with van der Waals surface area (Å²) in [5.41, 5.74) is -0.786. The highest BCUT2D eigenvalue weighted by atomic mass is 16.2. The largest absolute Gasteiger partial charge is 0.348 e. The second-order valence-corrected chi connectivity index (χ2v) is 19.2. The molecule has 5 atom stereocenters. The molecule has 0 aromatic heterocycles. The summed E-state index contributed by atoms with van der Waals surface area (Å²) in [5.74, 6) is -0.712. The van der Waals surface area contributed by atoms with Gasteiger partial charge in [-0.1, -0.05) is 45.3 Å². The molecule has 6 saturated carbocycles. The van der Waals surface area contributed by atoms with E-state index in [-0.39, 0.29) is 59.5 Å². The van der Waals surface area contributed by atoms with Gasteiger partial charge in [0.25, 0.3) is 5.91 Å². The van der Waals surface area contributed by atoms with Gasteiger partial charge in [0.15, 0.2) is 0 Å². The lowest BCUT2D eigenvalue weighted by Gasteiger charge is -2.56. The maximum absolute atomic E-state index is 14.7. The Morgan fingerprint density at radius 3 is 2.13 bits per heavy atom. The van der Waals surface area contributed by atoms with E-state index in [9.17, 15) is 28.8 Å². The highest BCUT2D eigenvalue weighted by Gasteiger charge is 2.70. The minimum Gasteiger partial charge on any atom is -0.348 e. The zero-order valence-electron chi connectivity index (χ0n) is 33.1. The molecule has 1 heterocycles. The Kier molecular flexibility index (Phi) is 11.7. The number of urea groups is 1. The first-order valence-electron chi connectivity index (χ1n) is 20.6. The Morgan fingerprint density at radius 1 is 0.907 bits per heavy atom. The van der Waals surface area contributed by atoms with Crippen LogP contribution in [-0.4, -0.2) is 82.6 Å². The zero-order valence-corrected chi connectivity index (χ0v) is 33.1. The van der Waals surface area contributed by atoms with E-state index in [4.69, 9.17) is 0 Å². The minimum atomic E-state index is -1.13. The molecular weight excluding hydrogens is 684 g/mol. The number of ketones is 1. The molecule has 1 saturated heterocycles. The number of hydrogen-bond donors (Lipinski definition) is 5. The summed E-state index contributed by atoms with van der Waals surface area (Å²) in [5, 5.41) is 14.8. The third kappa shape index (κ3) is 8.88. The van der Waals surface area contributed by atoms with Gasteiger partial charge < -0.3 is 31.5 Å². The van der Waals surface area contributed by atoms with Gasteiger partial charge in [0, 0.05) is 30.2 Å². The number of rotatable bonds is 14. The fourth-order valence-electron chi connectivity index (χ4n) is 11.3. The van der Waals surface area contributed by atoms with Gasteiger partial charge in [0.1, 0.15) is 12.1 Å². The molecule has 7 fully saturated rings. The Labute approximate surface area is 321 Å². The number of Topliss-reactive ketones (excluding diaryl/α,β-unsaturated/α-hetero) is 1. The number of nitrogens with one attached hydrogen (secondary N) is 5. The molecule has 0 aromatic carbocycles. The molecule has 12 heteroatoms. The van der Waals surface area contributed by atoms with E-state index >= 15 is 0 Å². The van der Waals surface area contributed by atoms with Crippen molar-refractivity contribution in [3.63, 3.8) is 0 Å². The first kappa shape index (κ1) is 40.0. The molecule has 5 N–H and O–H groups in total. The van der Waals surface area contributed by atoms with E-state index < -0.39 is 41.3 Å². The number of allylic oxidation sites excluding steroid dienone is 1. The van der Waals surface area contributed by atoms with Gasteiger partial charge in [-0.05, 0) is 126 Å². The first-order chi connectivity index (χ1) is 25.5. The van der Waals surface area contributed by atoms with Crippen LogP contribution in [0.3, 0.4) is 0 Å². The van der Waals surface area contributed by atoms with Crippen molar-refractivity contribution in [1.29, 1.82) is 0 Å². The second-order valence-electron chi connectivity index (χ2n) is 19.2. The Bertz CT molecular complexity index is 1490. The topological polar surface area (TPSA) is 166 Å². The molecule has 7 rings (SSSR count). The SMILES string of the molecule is C=CCC[C@H](NC(=O)[C@@H]1[C@@H]2[C@H](CN1C(=O)[C@@H](NC(=O)NC13CC4CC(CC(C4)C1)C3)C1CCCCC1)C2(C)C)C(=O)C(=O)NCC=CC(=O)NC(C)(C)C. The van der Waals surface area contributed by atoms with Crippen molar-refractivity contribution in [2.45, 2.75) is 147 Å². The van der Waals surface area contributed by atoms with Gasteiger partial charge in [0.2, 0.25) is 23.5 Å². The van der Waals surface area contributed by atoms with Crippen LogP contribution < -0.4 is 26.6 Å². The third-order valence-electron chi connectivity index (χ3n) is 13.5. The summed E-state index contributed by atoms with van der Waals surface area (Å²) in [6.45, 7) is 13.9. The van der Waals surface area contributed by atoms with E-state index in [0.717, 1.165) is 51.4 Å². The highest BCUT2D eigenvalue weighted by Crippen LogP contribution is 2.65. The highest BCUT2D eigenvalue weighted by molar-refractivity contribution is 6.38. The Balaban J connectivity index is 1.14. The standard InChI is InChI=1S/C42H64N6O6/c1-7-8-15-30(35(50)37(52)43-17-12-16-31(49)46-40(2,3)4)44-36(51)34-32-29(41(32,5)6)24-48(34)38(53)33(28-13-10-9-11-14-28)45-39(54)47-42-21-25-18-26(22-42)20-27(19-25)23-42/h7,12,16,25-30,32-34H,1,8-11,13-15,17-24H2,2-6H3,(H,43,52)(H,44,51)(H,46,49)(H2,45,47,54)/t25?,26?,27?,29-,30-,32-,33-,34-,42?/m0/s1. The zero-order chi connectivity index (χ0) is 39.0. The molecule has 6 amide bonds. The van der Waals surface area contributed by atoms with Gasteiger partial charge in [-0.15, -0.1) is 6.58 Å². The molecule has 12 nitrogen and oxygen atoms in total. The van der Waals surface area contributed by atoms with Crippen molar-refractivity contribution in [3.05, 3.63) is 24.8 Å². The molecule has 0 unspecified atom stereocenters. The molecule has 0 spiro atoms. The number of piperidine rings is 1. The van der Waals surface area contributed by atoms with Gasteiger partial charge in [-0.3, -0.25) is 24.0 Å². The average Bonchev–Trinajstić information content (AvgIpc) is 3.39. The number of nitrogens with zero attached hydrogens (tertiary/aromatic N) is 1. The summed E-state index contributed by atoms with van der Waals surface area (Å²) in [7, 11) is 0. The second kappa shape index (κ2) is 15.8. The predicted molar refractivity (Wildman–Crippen MR) is 206 cm³/mol. The van der Waals surface area contributed by atoms with Crippen molar-refractivity contribution in [2.24, 2.45) is 40.9 Å².